The largest absolute Gasteiger partial charge is 0.340 e. The molecule has 4 heteroatoms. The lowest BCUT2D eigenvalue weighted by Gasteiger charge is -2.34. The lowest BCUT2D eigenvalue weighted by atomic mass is 9.99. The van der Waals surface area contributed by atoms with E-state index < -0.39 is 0 Å². The second-order valence-electron chi connectivity index (χ2n) is 5.62. The summed E-state index contributed by atoms with van der Waals surface area (Å²) in [6.45, 7) is 10.8. The number of halogens is 1. The molecular formula is C14H22BrN3. The predicted octanol–water partition coefficient (Wildman–Crippen LogP) is 3.52. The molecule has 100 valence electrons. The van der Waals surface area contributed by atoms with Crippen molar-refractivity contribution >= 4 is 21.9 Å². The Labute approximate surface area is 118 Å². The number of aromatic nitrogens is 2. The summed E-state index contributed by atoms with van der Waals surface area (Å²) in [6.07, 6.45) is 1.20. The summed E-state index contributed by atoms with van der Waals surface area (Å²) in [6, 6.07) is 2.09. The zero-order chi connectivity index (χ0) is 13.3. The van der Waals surface area contributed by atoms with Gasteiger partial charge in [-0.2, -0.15) is 0 Å². The van der Waals surface area contributed by atoms with E-state index in [9.17, 15) is 0 Å². The molecule has 0 aliphatic carbocycles. The molecule has 2 rings (SSSR count). The number of aryl methyl sites for hydroxylation is 1. The number of anilines is 1. The molecular weight excluding hydrogens is 290 g/mol. The van der Waals surface area contributed by atoms with Crippen molar-refractivity contribution in [2.45, 2.75) is 44.9 Å². The first-order valence-corrected chi connectivity index (χ1v) is 7.63. The summed E-state index contributed by atoms with van der Waals surface area (Å²) < 4.78 is 0. The predicted molar refractivity (Wildman–Crippen MR) is 79.6 cm³/mol. The van der Waals surface area contributed by atoms with Crippen LogP contribution in [0.25, 0.3) is 0 Å². The van der Waals surface area contributed by atoms with Gasteiger partial charge in [0, 0.05) is 29.3 Å². The quantitative estimate of drug-likeness (QED) is 0.783. The van der Waals surface area contributed by atoms with E-state index in [2.05, 4.69) is 59.6 Å². The Balaban J connectivity index is 2.23. The standard InChI is InChI=1S/C14H22BrN3/c1-9(2)13-7-11(4)16-14(17-13)18-6-5-10(3)12(15)8-18/h7,9-10,12H,5-6,8H2,1-4H3. The van der Waals surface area contributed by atoms with Gasteiger partial charge in [0.25, 0.3) is 0 Å². The Bertz CT molecular complexity index is 420. The van der Waals surface area contributed by atoms with Crippen LogP contribution in [0.4, 0.5) is 5.95 Å². The van der Waals surface area contributed by atoms with Crippen LogP contribution in [0.2, 0.25) is 0 Å². The molecule has 0 spiro atoms. The molecule has 0 bridgehead atoms. The van der Waals surface area contributed by atoms with Crippen molar-refractivity contribution in [3.63, 3.8) is 0 Å². The fraction of sp³-hybridized carbons (Fsp3) is 0.714. The smallest absolute Gasteiger partial charge is 0.225 e. The Kier molecular flexibility index (Phi) is 4.25. The van der Waals surface area contributed by atoms with Crippen LogP contribution in [0, 0.1) is 12.8 Å². The number of piperidine rings is 1. The lowest BCUT2D eigenvalue weighted by Crippen LogP contribution is -2.41. The van der Waals surface area contributed by atoms with Gasteiger partial charge in [-0.05, 0) is 31.2 Å². The molecule has 0 saturated carbocycles. The van der Waals surface area contributed by atoms with Crippen molar-refractivity contribution in [2.75, 3.05) is 18.0 Å². The van der Waals surface area contributed by atoms with Gasteiger partial charge in [0.2, 0.25) is 5.95 Å². The summed E-state index contributed by atoms with van der Waals surface area (Å²) in [5.74, 6) is 2.08. The molecule has 0 radical (unpaired) electrons. The minimum atomic E-state index is 0.453. The maximum Gasteiger partial charge on any atom is 0.225 e. The summed E-state index contributed by atoms with van der Waals surface area (Å²) >= 11 is 3.76. The first kappa shape index (κ1) is 13.8. The van der Waals surface area contributed by atoms with Crippen LogP contribution < -0.4 is 4.90 Å². The second kappa shape index (κ2) is 5.55. The normalized spacial score (nSPS) is 24.7. The first-order chi connectivity index (χ1) is 8.47. The van der Waals surface area contributed by atoms with Gasteiger partial charge < -0.3 is 4.90 Å². The van der Waals surface area contributed by atoms with Crippen LogP contribution in [-0.2, 0) is 0 Å². The van der Waals surface area contributed by atoms with Crippen LogP contribution in [0.5, 0.6) is 0 Å². The van der Waals surface area contributed by atoms with Gasteiger partial charge in [0.15, 0.2) is 0 Å². The van der Waals surface area contributed by atoms with Crippen LogP contribution in [-0.4, -0.2) is 27.9 Å². The van der Waals surface area contributed by atoms with E-state index in [1.54, 1.807) is 0 Å². The minimum Gasteiger partial charge on any atom is -0.340 e. The Morgan fingerprint density at radius 2 is 2.11 bits per heavy atom. The van der Waals surface area contributed by atoms with Crippen LogP contribution >= 0.6 is 15.9 Å². The molecule has 18 heavy (non-hydrogen) atoms. The molecule has 1 aliphatic rings. The topological polar surface area (TPSA) is 29.0 Å². The van der Waals surface area contributed by atoms with Gasteiger partial charge >= 0.3 is 0 Å². The van der Waals surface area contributed by atoms with Crippen LogP contribution in [0.1, 0.15) is 44.5 Å². The number of nitrogens with zero attached hydrogens (tertiary/aromatic N) is 3. The fourth-order valence-corrected chi connectivity index (χ4v) is 2.83. The van der Waals surface area contributed by atoms with E-state index in [1.807, 2.05) is 0 Å². The molecule has 1 fully saturated rings. The van der Waals surface area contributed by atoms with Crippen LogP contribution in [0.15, 0.2) is 6.07 Å². The van der Waals surface area contributed by atoms with Crippen molar-refractivity contribution in [2.24, 2.45) is 5.92 Å². The Hall–Kier alpha value is -0.640. The number of rotatable bonds is 2. The number of hydrogen-bond donors (Lipinski definition) is 0. The second-order valence-corrected chi connectivity index (χ2v) is 6.79. The maximum atomic E-state index is 4.71. The molecule has 0 amide bonds. The summed E-state index contributed by atoms with van der Waals surface area (Å²) in [7, 11) is 0. The van der Waals surface area contributed by atoms with E-state index in [0.29, 0.717) is 10.7 Å². The van der Waals surface area contributed by atoms with Gasteiger partial charge in [0.05, 0.1) is 0 Å². The highest BCUT2D eigenvalue weighted by atomic mass is 79.9. The van der Waals surface area contributed by atoms with Gasteiger partial charge in [-0.25, -0.2) is 9.97 Å². The molecule has 2 unspecified atom stereocenters. The molecule has 1 saturated heterocycles. The summed E-state index contributed by atoms with van der Waals surface area (Å²) in [4.78, 5) is 12.1. The number of hydrogen-bond acceptors (Lipinski definition) is 3. The molecule has 1 aliphatic heterocycles. The third-order valence-corrected chi connectivity index (χ3v) is 4.80. The molecule has 1 aromatic rings. The SMILES string of the molecule is Cc1cc(C(C)C)nc(N2CCC(C)C(Br)C2)n1. The monoisotopic (exact) mass is 311 g/mol. The van der Waals surface area contributed by atoms with Gasteiger partial charge in [-0.15, -0.1) is 0 Å². The molecule has 3 nitrogen and oxygen atoms in total. The Morgan fingerprint density at radius 1 is 1.39 bits per heavy atom. The average molecular weight is 312 g/mol. The van der Waals surface area contributed by atoms with E-state index >= 15 is 0 Å². The third-order valence-electron chi connectivity index (χ3n) is 3.60. The molecule has 1 aromatic heterocycles. The zero-order valence-corrected chi connectivity index (χ0v) is 13.2. The first-order valence-electron chi connectivity index (χ1n) is 6.72. The van der Waals surface area contributed by atoms with E-state index in [1.165, 1.54) is 6.42 Å². The summed E-state index contributed by atoms with van der Waals surface area (Å²) in [5.41, 5.74) is 2.20. The van der Waals surface area contributed by atoms with E-state index in [4.69, 9.17) is 4.98 Å². The van der Waals surface area contributed by atoms with Crippen molar-refractivity contribution in [1.82, 2.24) is 9.97 Å². The van der Waals surface area contributed by atoms with Crippen molar-refractivity contribution in [3.05, 3.63) is 17.5 Å². The maximum absolute atomic E-state index is 4.71. The highest BCUT2D eigenvalue weighted by molar-refractivity contribution is 9.09. The molecule has 0 aromatic carbocycles. The van der Waals surface area contributed by atoms with E-state index in [-0.39, 0.29) is 0 Å². The molecule has 2 atom stereocenters. The van der Waals surface area contributed by atoms with Crippen molar-refractivity contribution in [3.8, 4) is 0 Å². The number of alkyl halides is 1. The molecule has 2 heterocycles. The van der Waals surface area contributed by atoms with Gasteiger partial charge in [0.1, 0.15) is 0 Å². The van der Waals surface area contributed by atoms with E-state index in [0.717, 1.165) is 36.3 Å². The highest BCUT2D eigenvalue weighted by Gasteiger charge is 2.25. The third kappa shape index (κ3) is 3.02. The van der Waals surface area contributed by atoms with Gasteiger partial charge in [-0.1, -0.05) is 36.7 Å². The van der Waals surface area contributed by atoms with Crippen LogP contribution in [0.3, 0.4) is 0 Å². The highest BCUT2D eigenvalue weighted by Crippen LogP contribution is 2.26. The average Bonchev–Trinajstić information content (AvgIpc) is 2.31. The van der Waals surface area contributed by atoms with Gasteiger partial charge in [-0.3, -0.25) is 0 Å². The zero-order valence-electron chi connectivity index (χ0n) is 11.7. The van der Waals surface area contributed by atoms with Crippen molar-refractivity contribution in [1.29, 1.82) is 0 Å². The Morgan fingerprint density at radius 3 is 2.72 bits per heavy atom. The molecule has 0 N–H and O–H groups in total. The summed E-state index contributed by atoms with van der Waals surface area (Å²) in [5, 5.41) is 0. The lowest BCUT2D eigenvalue weighted by molar-refractivity contribution is 0.451. The fourth-order valence-electron chi connectivity index (χ4n) is 2.22. The van der Waals surface area contributed by atoms with Crippen molar-refractivity contribution < 1.29 is 0 Å². The minimum absolute atomic E-state index is 0.453.